The molecule has 1 aromatic carbocycles. The minimum atomic E-state index is -2.59. The van der Waals surface area contributed by atoms with Crippen LogP contribution in [0.5, 0.6) is 5.75 Å². The molecule has 0 saturated carbocycles. The van der Waals surface area contributed by atoms with Crippen LogP contribution in [0, 0.1) is 0 Å². The van der Waals surface area contributed by atoms with Crippen molar-refractivity contribution in [1.29, 1.82) is 0 Å². The fraction of sp³-hybridized carbons (Fsp3) is 0.364. The van der Waals surface area contributed by atoms with Crippen LogP contribution in [0.3, 0.4) is 0 Å². The van der Waals surface area contributed by atoms with E-state index < -0.39 is 11.8 Å². The molecule has 5 heteroatoms. The molecule has 1 rings (SSSR count). The van der Waals surface area contributed by atoms with Gasteiger partial charge in [-0.2, -0.15) is 0 Å². The van der Waals surface area contributed by atoms with Crippen LogP contribution in [0.25, 0.3) is 0 Å². The summed E-state index contributed by atoms with van der Waals surface area (Å²) in [4.78, 5) is 11.6. The van der Waals surface area contributed by atoms with Crippen LogP contribution in [-0.4, -0.2) is 18.3 Å². The highest BCUT2D eigenvalue weighted by molar-refractivity contribution is 6.33. The molecule has 0 radical (unpaired) electrons. The second kappa shape index (κ2) is 5.25. The highest BCUT2D eigenvalue weighted by Crippen LogP contribution is 2.27. The average molecular weight is 249 g/mol. The average Bonchev–Trinajstić information content (AvgIpc) is 2.26. The Kier molecular flexibility index (Phi) is 4.24. The fourth-order valence-corrected chi connectivity index (χ4v) is 1.38. The molecule has 2 nitrogen and oxygen atoms in total. The van der Waals surface area contributed by atoms with Crippen LogP contribution >= 0.6 is 11.6 Å². The predicted octanol–water partition coefficient (Wildman–Crippen LogP) is 3.44. The number of methoxy groups -OCH3 is 1. The summed E-state index contributed by atoms with van der Waals surface area (Å²) in [6.07, 6.45) is -2.59. The Balaban J connectivity index is 3.17. The van der Waals surface area contributed by atoms with Gasteiger partial charge in [0.15, 0.2) is 5.78 Å². The summed E-state index contributed by atoms with van der Waals surface area (Å²) in [6.45, 7) is 1.52. The summed E-state index contributed by atoms with van der Waals surface area (Å²) in [6, 6.07) is 3.65. The van der Waals surface area contributed by atoms with Crippen LogP contribution in [0.2, 0.25) is 0 Å². The summed E-state index contributed by atoms with van der Waals surface area (Å²) in [5.74, 6) is -0.227. The Morgan fingerprint density at radius 2 is 2.06 bits per heavy atom. The lowest BCUT2D eigenvalue weighted by molar-refractivity contribution is 0.0988. The highest BCUT2D eigenvalue weighted by Gasteiger charge is 2.19. The van der Waals surface area contributed by atoms with E-state index in [1.165, 1.54) is 26.2 Å². The highest BCUT2D eigenvalue weighted by atomic mass is 35.5. The number of carbonyl (C=O) groups excluding carboxylic acids is 1. The topological polar surface area (TPSA) is 26.3 Å². The summed E-state index contributed by atoms with van der Waals surface area (Å²) in [7, 11) is 1.32. The predicted molar refractivity (Wildman–Crippen MR) is 57.6 cm³/mol. The van der Waals surface area contributed by atoms with Crippen molar-refractivity contribution in [2.24, 2.45) is 0 Å². The number of rotatable bonds is 4. The van der Waals surface area contributed by atoms with Crippen molar-refractivity contribution in [1.82, 2.24) is 0 Å². The number of benzene rings is 1. The second-order valence-electron chi connectivity index (χ2n) is 3.24. The molecular formula is C11H11ClF2O2. The van der Waals surface area contributed by atoms with Gasteiger partial charge in [-0.05, 0) is 19.1 Å². The Morgan fingerprint density at radius 1 is 1.44 bits per heavy atom. The van der Waals surface area contributed by atoms with Crippen LogP contribution in [0.15, 0.2) is 18.2 Å². The Bertz CT molecular complexity index is 392. The van der Waals surface area contributed by atoms with Crippen molar-refractivity contribution < 1.29 is 18.3 Å². The van der Waals surface area contributed by atoms with Gasteiger partial charge in [0.25, 0.3) is 6.43 Å². The van der Waals surface area contributed by atoms with Crippen molar-refractivity contribution in [3.63, 3.8) is 0 Å². The number of carbonyl (C=O) groups is 1. The van der Waals surface area contributed by atoms with E-state index in [1.807, 2.05) is 0 Å². The third-order valence-electron chi connectivity index (χ3n) is 2.10. The van der Waals surface area contributed by atoms with E-state index in [4.69, 9.17) is 16.3 Å². The summed E-state index contributed by atoms with van der Waals surface area (Å²) in [5, 5.41) is -0.716. The molecule has 0 aromatic heterocycles. The van der Waals surface area contributed by atoms with Gasteiger partial charge in [-0.25, -0.2) is 8.78 Å². The minimum Gasteiger partial charge on any atom is -0.496 e. The van der Waals surface area contributed by atoms with Gasteiger partial charge < -0.3 is 4.74 Å². The monoisotopic (exact) mass is 248 g/mol. The van der Waals surface area contributed by atoms with Gasteiger partial charge in [0.2, 0.25) is 0 Å². The number of alkyl halides is 3. The van der Waals surface area contributed by atoms with E-state index in [1.54, 1.807) is 0 Å². The quantitative estimate of drug-likeness (QED) is 0.603. The normalized spacial score (nSPS) is 12.6. The van der Waals surface area contributed by atoms with E-state index >= 15 is 0 Å². The Hall–Kier alpha value is -1.16. The summed E-state index contributed by atoms with van der Waals surface area (Å²) < 4.78 is 29.7. The number of Topliss-reactive ketones (excluding diaryl/α,β-unsaturated/α-hetero) is 1. The first-order valence-corrected chi connectivity index (χ1v) is 5.05. The molecule has 1 unspecified atom stereocenters. The largest absolute Gasteiger partial charge is 0.496 e. The van der Waals surface area contributed by atoms with Crippen LogP contribution in [-0.2, 0) is 0 Å². The van der Waals surface area contributed by atoms with Crippen molar-refractivity contribution in [3.8, 4) is 5.75 Å². The lowest BCUT2D eigenvalue weighted by Gasteiger charge is -2.10. The SMILES string of the molecule is COc1cc(C(F)F)ccc1C(=O)C(C)Cl. The minimum absolute atomic E-state index is 0.121. The van der Waals surface area contributed by atoms with Crippen LogP contribution in [0.4, 0.5) is 8.78 Å². The van der Waals surface area contributed by atoms with E-state index in [0.717, 1.165) is 6.07 Å². The van der Waals surface area contributed by atoms with Crippen molar-refractivity contribution >= 4 is 17.4 Å². The first-order chi connectivity index (χ1) is 7.47. The number of hydrogen-bond donors (Lipinski definition) is 0. The number of halogens is 3. The molecule has 0 spiro atoms. The molecule has 88 valence electrons. The van der Waals surface area contributed by atoms with E-state index in [-0.39, 0.29) is 22.7 Å². The molecule has 0 fully saturated rings. The molecule has 0 aliphatic heterocycles. The first kappa shape index (κ1) is 12.9. The second-order valence-corrected chi connectivity index (χ2v) is 3.90. The third-order valence-corrected chi connectivity index (χ3v) is 2.30. The molecule has 0 saturated heterocycles. The molecule has 0 amide bonds. The Labute approximate surface area is 97.2 Å². The zero-order valence-electron chi connectivity index (χ0n) is 8.84. The lowest BCUT2D eigenvalue weighted by Crippen LogP contribution is -2.12. The van der Waals surface area contributed by atoms with E-state index in [2.05, 4.69) is 0 Å². The molecule has 0 aliphatic carbocycles. The third kappa shape index (κ3) is 2.70. The van der Waals surface area contributed by atoms with Gasteiger partial charge in [-0.3, -0.25) is 4.79 Å². The van der Waals surface area contributed by atoms with Crippen molar-refractivity contribution in [2.45, 2.75) is 18.7 Å². The smallest absolute Gasteiger partial charge is 0.263 e. The molecule has 0 heterocycles. The van der Waals surface area contributed by atoms with Gasteiger partial charge in [-0.15, -0.1) is 11.6 Å². The summed E-state index contributed by atoms with van der Waals surface area (Å²) in [5.41, 5.74) is 0.0324. The molecule has 1 aromatic rings. The maximum Gasteiger partial charge on any atom is 0.263 e. The lowest BCUT2D eigenvalue weighted by atomic mass is 10.0. The zero-order chi connectivity index (χ0) is 12.3. The number of ether oxygens (including phenoxy) is 1. The Morgan fingerprint density at radius 3 is 2.50 bits per heavy atom. The molecule has 0 bridgehead atoms. The molecule has 0 aliphatic rings. The number of hydrogen-bond acceptors (Lipinski definition) is 2. The van der Waals surface area contributed by atoms with Gasteiger partial charge in [0, 0.05) is 5.56 Å². The van der Waals surface area contributed by atoms with Gasteiger partial charge in [0.05, 0.1) is 18.1 Å². The van der Waals surface area contributed by atoms with Crippen LogP contribution in [0.1, 0.15) is 29.3 Å². The maximum absolute atomic E-state index is 12.4. The van der Waals surface area contributed by atoms with Crippen LogP contribution < -0.4 is 4.74 Å². The first-order valence-electron chi connectivity index (χ1n) is 4.61. The summed E-state index contributed by atoms with van der Waals surface area (Å²) >= 11 is 5.64. The number of ketones is 1. The fourth-order valence-electron chi connectivity index (χ4n) is 1.26. The van der Waals surface area contributed by atoms with Gasteiger partial charge in [0.1, 0.15) is 5.75 Å². The molecule has 0 N–H and O–H groups in total. The maximum atomic E-state index is 12.4. The molecular weight excluding hydrogens is 238 g/mol. The zero-order valence-corrected chi connectivity index (χ0v) is 9.59. The molecule has 16 heavy (non-hydrogen) atoms. The van der Waals surface area contributed by atoms with Gasteiger partial charge in [-0.1, -0.05) is 6.07 Å². The van der Waals surface area contributed by atoms with E-state index in [9.17, 15) is 13.6 Å². The van der Waals surface area contributed by atoms with Crippen molar-refractivity contribution in [2.75, 3.05) is 7.11 Å². The van der Waals surface area contributed by atoms with E-state index in [0.29, 0.717) is 0 Å². The van der Waals surface area contributed by atoms with Crippen molar-refractivity contribution in [3.05, 3.63) is 29.3 Å². The van der Waals surface area contributed by atoms with Gasteiger partial charge >= 0.3 is 0 Å². The standard InChI is InChI=1S/C11H11ClF2O2/c1-6(12)10(15)8-4-3-7(11(13)14)5-9(8)16-2/h3-6,11H,1-2H3. The molecule has 1 atom stereocenters.